The zero-order valence-corrected chi connectivity index (χ0v) is 16.2. The molecule has 1 unspecified atom stereocenters. The predicted octanol–water partition coefficient (Wildman–Crippen LogP) is 3.74. The molecular weight excluding hydrogens is 348 g/mol. The fourth-order valence-corrected chi connectivity index (χ4v) is 4.55. The van der Waals surface area contributed by atoms with Gasteiger partial charge in [-0.1, -0.05) is 31.9 Å². The quantitative estimate of drug-likeness (QED) is 0.762. The van der Waals surface area contributed by atoms with Gasteiger partial charge < -0.3 is 4.42 Å². The third kappa shape index (κ3) is 4.75. The summed E-state index contributed by atoms with van der Waals surface area (Å²) >= 11 is 0. The van der Waals surface area contributed by atoms with Gasteiger partial charge in [0, 0.05) is 6.54 Å². The summed E-state index contributed by atoms with van der Waals surface area (Å²) in [5.41, 5.74) is 1.16. The molecule has 0 amide bonds. The summed E-state index contributed by atoms with van der Waals surface area (Å²) < 4.78 is 33.8. The summed E-state index contributed by atoms with van der Waals surface area (Å²) in [5, 5.41) is 0. The smallest absolute Gasteiger partial charge is 0.240 e. The molecule has 0 spiro atoms. The van der Waals surface area contributed by atoms with Crippen molar-refractivity contribution in [3.8, 4) is 0 Å². The van der Waals surface area contributed by atoms with Crippen LogP contribution in [-0.2, 0) is 16.4 Å². The highest BCUT2D eigenvalue weighted by Crippen LogP contribution is 2.25. The van der Waals surface area contributed by atoms with Gasteiger partial charge >= 0.3 is 0 Å². The predicted molar refractivity (Wildman–Crippen MR) is 102 cm³/mol. The maximum Gasteiger partial charge on any atom is 0.240 e. The monoisotopic (exact) mass is 376 g/mol. The SMILES string of the molecule is CCCc1ccc(S(=O)(=O)NCC(c2ccco2)N2CCCCC2)cc1. The van der Waals surface area contributed by atoms with E-state index in [1.165, 1.54) is 6.42 Å². The highest BCUT2D eigenvalue weighted by atomic mass is 32.2. The summed E-state index contributed by atoms with van der Waals surface area (Å²) in [7, 11) is -3.54. The molecule has 2 aromatic rings. The van der Waals surface area contributed by atoms with Crippen molar-refractivity contribution in [3.05, 3.63) is 54.0 Å². The summed E-state index contributed by atoms with van der Waals surface area (Å²) in [4.78, 5) is 2.63. The molecule has 142 valence electrons. The second-order valence-electron chi connectivity index (χ2n) is 6.87. The molecule has 0 aliphatic carbocycles. The van der Waals surface area contributed by atoms with E-state index in [0.717, 1.165) is 50.1 Å². The van der Waals surface area contributed by atoms with Crippen LogP contribution in [0.4, 0.5) is 0 Å². The summed E-state index contributed by atoms with van der Waals surface area (Å²) in [6.07, 6.45) is 7.17. The summed E-state index contributed by atoms with van der Waals surface area (Å²) in [6.45, 7) is 4.37. The number of piperidine rings is 1. The van der Waals surface area contributed by atoms with Crippen molar-refractivity contribution in [2.75, 3.05) is 19.6 Å². The molecule has 1 aromatic carbocycles. The van der Waals surface area contributed by atoms with Gasteiger partial charge in [0.1, 0.15) is 5.76 Å². The van der Waals surface area contributed by atoms with Gasteiger partial charge in [-0.3, -0.25) is 4.90 Å². The van der Waals surface area contributed by atoms with Crippen molar-refractivity contribution in [1.82, 2.24) is 9.62 Å². The topological polar surface area (TPSA) is 62.6 Å². The number of nitrogens with zero attached hydrogens (tertiary/aromatic N) is 1. The number of sulfonamides is 1. The molecule has 3 rings (SSSR count). The van der Waals surface area contributed by atoms with Crippen molar-refractivity contribution in [3.63, 3.8) is 0 Å². The first-order valence-corrected chi connectivity index (χ1v) is 10.9. The van der Waals surface area contributed by atoms with E-state index in [2.05, 4.69) is 16.5 Å². The molecule has 1 fully saturated rings. The van der Waals surface area contributed by atoms with Gasteiger partial charge in [-0.15, -0.1) is 0 Å². The number of aryl methyl sites for hydroxylation is 1. The minimum Gasteiger partial charge on any atom is -0.468 e. The van der Waals surface area contributed by atoms with Crippen LogP contribution in [0.25, 0.3) is 0 Å². The van der Waals surface area contributed by atoms with Gasteiger partial charge in [-0.2, -0.15) is 0 Å². The normalized spacial score (nSPS) is 17.3. The number of furan rings is 1. The van der Waals surface area contributed by atoms with Gasteiger partial charge in [-0.25, -0.2) is 13.1 Å². The molecule has 0 bridgehead atoms. The van der Waals surface area contributed by atoms with Crippen molar-refractivity contribution in [1.29, 1.82) is 0 Å². The van der Waals surface area contributed by atoms with E-state index in [1.54, 1.807) is 18.4 Å². The number of hydrogen-bond acceptors (Lipinski definition) is 4. The molecule has 2 heterocycles. The Kier molecular flexibility index (Phi) is 6.51. The van der Waals surface area contributed by atoms with Crippen LogP contribution in [0.1, 0.15) is 50.0 Å². The number of benzene rings is 1. The van der Waals surface area contributed by atoms with Crippen LogP contribution < -0.4 is 4.72 Å². The van der Waals surface area contributed by atoms with Crippen molar-refractivity contribution in [2.24, 2.45) is 0 Å². The van der Waals surface area contributed by atoms with Crippen LogP contribution in [0.2, 0.25) is 0 Å². The third-order valence-electron chi connectivity index (χ3n) is 4.94. The van der Waals surface area contributed by atoms with Gasteiger partial charge in [-0.05, 0) is 62.2 Å². The molecule has 1 saturated heterocycles. The average Bonchev–Trinajstić information content (AvgIpc) is 3.18. The molecule has 1 aliphatic heterocycles. The van der Waals surface area contributed by atoms with Crippen LogP contribution in [0.5, 0.6) is 0 Å². The fourth-order valence-electron chi connectivity index (χ4n) is 3.52. The Hall–Kier alpha value is -1.63. The van der Waals surface area contributed by atoms with Crippen LogP contribution in [-0.4, -0.2) is 33.0 Å². The lowest BCUT2D eigenvalue weighted by atomic mass is 10.1. The van der Waals surface area contributed by atoms with Gasteiger partial charge in [0.2, 0.25) is 10.0 Å². The van der Waals surface area contributed by atoms with Crippen LogP contribution in [0.3, 0.4) is 0 Å². The summed E-state index contributed by atoms with van der Waals surface area (Å²) in [5.74, 6) is 0.813. The maximum atomic E-state index is 12.7. The lowest BCUT2D eigenvalue weighted by molar-refractivity contribution is 0.147. The van der Waals surface area contributed by atoms with E-state index in [4.69, 9.17) is 4.42 Å². The minimum atomic E-state index is -3.54. The molecular formula is C20H28N2O3S. The van der Waals surface area contributed by atoms with E-state index in [9.17, 15) is 8.42 Å². The maximum absolute atomic E-state index is 12.7. The van der Waals surface area contributed by atoms with E-state index in [-0.39, 0.29) is 6.04 Å². The first-order chi connectivity index (χ1) is 12.6. The largest absolute Gasteiger partial charge is 0.468 e. The molecule has 0 saturated carbocycles. The Morgan fingerprint density at radius 1 is 1.12 bits per heavy atom. The standard InChI is InChI=1S/C20H28N2O3S/c1-2-7-17-9-11-18(12-10-17)26(23,24)21-16-19(20-8-6-15-25-20)22-13-4-3-5-14-22/h6,8-12,15,19,21H,2-5,7,13-14,16H2,1H3. The van der Waals surface area contributed by atoms with Gasteiger partial charge in [0.15, 0.2) is 0 Å². The zero-order chi connectivity index (χ0) is 18.4. The molecule has 0 radical (unpaired) electrons. The first-order valence-electron chi connectivity index (χ1n) is 9.46. The lowest BCUT2D eigenvalue weighted by Gasteiger charge is -2.33. The van der Waals surface area contributed by atoms with Crippen LogP contribution in [0.15, 0.2) is 52.0 Å². The highest BCUT2D eigenvalue weighted by molar-refractivity contribution is 7.89. The van der Waals surface area contributed by atoms with E-state index < -0.39 is 10.0 Å². The van der Waals surface area contributed by atoms with Gasteiger partial charge in [0.25, 0.3) is 0 Å². The van der Waals surface area contributed by atoms with Crippen molar-refractivity contribution >= 4 is 10.0 Å². The molecule has 1 N–H and O–H groups in total. The molecule has 1 aliphatic rings. The Labute approximate surface area is 156 Å². The third-order valence-corrected chi connectivity index (χ3v) is 6.38. The molecule has 6 heteroatoms. The molecule has 26 heavy (non-hydrogen) atoms. The lowest BCUT2D eigenvalue weighted by Crippen LogP contribution is -2.40. The number of hydrogen-bond donors (Lipinski definition) is 1. The fraction of sp³-hybridized carbons (Fsp3) is 0.500. The first kappa shape index (κ1) is 19.1. The van der Waals surface area contributed by atoms with E-state index >= 15 is 0 Å². The van der Waals surface area contributed by atoms with Crippen LogP contribution in [0, 0.1) is 0 Å². The Bertz CT molecular complexity index is 764. The second kappa shape index (κ2) is 8.84. The Morgan fingerprint density at radius 3 is 2.46 bits per heavy atom. The van der Waals surface area contributed by atoms with E-state index in [0.29, 0.717) is 11.4 Å². The zero-order valence-electron chi connectivity index (χ0n) is 15.4. The highest BCUT2D eigenvalue weighted by Gasteiger charge is 2.26. The Morgan fingerprint density at radius 2 is 1.85 bits per heavy atom. The number of nitrogens with one attached hydrogen (secondary N) is 1. The van der Waals surface area contributed by atoms with Crippen molar-refractivity contribution in [2.45, 2.75) is 50.0 Å². The number of rotatable bonds is 8. The molecule has 1 atom stereocenters. The molecule has 1 aromatic heterocycles. The minimum absolute atomic E-state index is 0.0700. The van der Waals surface area contributed by atoms with E-state index in [1.807, 2.05) is 24.3 Å². The average molecular weight is 377 g/mol. The molecule has 5 nitrogen and oxygen atoms in total. The van der Waals surface area contributed by atoms with Gasteiger partial charge in [0.05, 0.1) is 17.2 Å². The second-order valence-corrected chi connectivity index (χ2v) is 8.64. The van der Waals surface area contributed by atoms with Crippen molar-refractivity contribution < 1.29 is 12.8 Å². The summed E-state index contributed by atoms with van der Waals surface area (Å²) in [6, 6.07) is 10.9. The van der Waals surface area contributed by atoms with Crippen LogP contribution >= 0.6 is 0 Å². The number of likely N-dealkylation sites (tertiary alicyclic amines) is 1. The Balaban J connectivity index is 1.70.